The molecule has 0 saturated carbocycles. The maximum atomic E-state index is 10.6. The molecule has 0 amide bonds. The van der Waals surface area contributed by atoms with E-state index in [0.29, 0.717) is 5.75 Å². The standard InChI is InChI=1S/C5H6N2O3/c1-10-4-2-5(8)7(9)6-3-4/h2-3,9H,1H3. The summed E-state index contributed by atoms with van der Waals surface area (Å²) < 4.78 is 4.66. The van der Waals surface area contributed by atoms with Gasteiger partial charge in [-0.05, 0) is 0 Å². The van der Waals surface area contributed by atoms with Gasteiger partial charge in [-0.2, -0.15) is 0 Å². The highest BCUT2D eigenvalue weighted by Gasteiger charge is 1.94. The first-order valence-electron chi connectivity index (χ1n) is 2.56. The lowest BCUT2D eigenvalue weighted by Gasteiger charge is -1.96. The summed E-state index contributed by atoms with van der Waals surface area (Å²) >= 11 is 0. The van der Waals surface area contributed by atoms with Gasteiger partial charge in [0.05, 0.1) is 19.4 Å². The van der Waals surface area contributed by atoms with Crippen LogP contribution in [0.3, 0.4) is 0 Å². The summed E-state index contributed by atoms with van der Waals surface area (Å²) in [4.78, 5) is 10.8. The van der Waals surface area contributed by atoms with Gasteiger partial charge in [0.15, 0.2) is 0 Å². The van der Waals surface area contributed by atoms with Gasteiger partial charge in [-0.3, -0.25) is 4.79 Å². The first-order valence-corrected chi connectivity index (χ1v) is 2.56. The van der Waals surface area contributed by atoms with Crippen molar-refractivity contribution in [1.82, 2.24) is 9.94 Å². The van der Waals surface area contributed by atoms with Gasteiger partial charge in [-0.1, -0.05) is 4.85 Å². The van der Waals surface area contributed by atoms with E-state index in [0.717, 1.165) is 6.07 Å². The lowest BCUT2D eigenvalue weighted by Crippen LogP contribution is -2.18. The maximum absolute atomic E-state index is 10.6. The van der Waals surface area contributed by atoms with E-state index in [1.165, 1.54) is 13.3 Å². The fraction of sp³-hybridized carbons (Fsp3) is 0.200. The molecule has 0 unspecified atom stereocenters. The van der Waals surface area contributed by atoms with Gasteiger partial charge in [0.25, 0.3) is 0 Å². The molecular weight excluding hydrogens is 136 g/mol. The number of hydrogen-bond acceptors (Lipinski definition) is 4. The average molecular weight is 142 g/mol. The number of aromatic nitrogens is 2. The van der Waals surface area contributed by atoms with Crippen molar-refractivity contribution in [2.45, 2.75) is 0 Å². The van der Waals surface area contributed by atoms with E-state index < -0.39 is 5.56 Å². The minimum absolute atomic E-state index is 0.239. The van der Waals surface area contributed by atoms with Crippen molar-refractivity contribution >= 4 is 0 Å². The minimum atomic E-state index is -0.612. The Bertz CT molecular complexity index is 280. The third-order valence-corrected chi connectivity index (χ3v) is 0.993. The molecule has 54 valence electrons. The Labute approximate surface area is 56.4 Å². The summed E-state index contributed by atoms with van der Waals surface area (Å²) in [6, 6.07) is 1.13. The van der Waals surface area contributed by atoms with Crippen molar-refractivity contribution in [3.63, 3.8) is 0 Å². The molecule has 0 aliphatic rings. The van der Waals surface area contributed by atoms with Gasteiger partial charge < -0.3 is 9.94 Å². The Kier molecular flexibility index (Phi) is 1.57. The number of rotatable bonds is 1. The predicted molar refractivity (Wildman–Crippen MR) is 32.2 cm³/mol. The van der Waals surface area contributed by atoms with Crippen molar-refractivity contribution in [2.24, 2.45) is 0 Å². The summed E-state index contributed by atoms with van der Waals surface area (Å²) in [6.45, 7) is 0. The summed E-state index contributed by atoms with van der Waals surface area (Å²) in [7, 11) is 1.41. The number of nitrogens with zero attached hydrogens (tertiary/aromatic N) is 2. The monoisotopic (exact) mass is 142 g/mol. The second kappa shape index (κ2) is 2.38. The molecule has 0 aromatic carbocycles. The summed E-state index contributed by atoms with van der Waals surface area (Å²) in [5.74, 6) is 0.329. The second-order valence-corrected chi connectivity index (χ2v) is 1.62. The van der Waals surface area contributed by atoms with Crippen LogP contribution in [0.2, 0.25) is 0 Å². The van der Waals surface area contributed by atoms with Gasteiger partial charge in [-0.25, -0.2) is 0 Å². The van der Waals surface area contributed by atoms with Gasteiger partial charge >= 0.3 is 5.56 Å². The Morgan fingerprint density at radius 2 is 2.50 bits per heavy atom. The minimum Gasteiger partial charge on any atom is -0.495 e. The molecule has 1 N–H and O–H groups in total. The molecule has 0 bridgehead atoms. The fourth-order valence-electron chi connectivity index (χ4n) is 0.497. The zero-order chi connectivity index (χ0) is 7.56. The lowest BCUT2D eigenvalue weighted by atomic mass is 10.5. The molecule has 0 saturated heterocycles. The van der Waals surface area contributed by atoms with E-state index >= 15 is 0 Å². The molecular formula is C5H6N2O3. The van der Waals surface area contributed by atoms with Crippen molar-refractivity contribution in [3.05, 3.63) is 22.6 Å². The number of hydrogen-bond donors (Lipinski definition) is 1. The largest absolute Gasteiger partial charge is 0.495 e. The Morgan fingerprint density at radius 3 is 3.00 bits per heavy atom. The van der Waals surface area contributed by atoms with Crippen LogP contribution in [0, 0.1) is 0 Å². The average Bonchev–Trinajstić information content (AvgIpc) is 1.95. The smallest absolute Gasteiger partial charge is 0.306 e. The first-order chi connectivity index (χ1) is 4.74. The zero-order valence-corrected chi connectivity index (χ0v) is 5.31. The molecule has 1 aromatic heterocycles. The summed E-state index contributed by atoms with van der Waals surface area (Å²) in [5, 5.41) is 11.9. The van der Waals surface area contributed by atoms with E-state index in [4.69, 9.17) is 5.21 Å². The third-order valence-electron chi connectivity index (χ3n) is 0.993. The van der Waals surface area contributed by atoms with Crippen LogP contribution >= 0.6 is 0 Å². The van der Waals surface area contributed by atoms with Crippen LogP contribution in [-0.4, -0.2) is 22.3 Å². The van der Waals surface area contributed by atoms with Crippen molar-refractivity contribution < 1.29 is 9.94 Å². The molecule has 0 radical (unpaired) electrons. The molecule has 1 heterocycles. The van der Waals surface area contributed by atoms with Gasteiger partial charge in [0.1, 0.15) is 5.75 Å². The van der Waals surface area contributed by atoms with E-state index in [-0.39, 0.29) is 4.85 Å². The molecule has 0 fully saturated rings. The number of methoxy groups -OCH3 is 1. The van der Waals surface area contributed by atoms with Crippen LogP contribution in [0.15, 0.2) is 17.1 Å². The molecule has 1 rings (SSSR count). The molecule has 0 spiro atoms. The third kappa shape index (κ3) is 1.07. The normalized spacial score (nSPS) is 9.30. The van der Waals surface area contributed by atoms with Gasteiger partial charge in [0, 0.05) is 0 Å². The maximum Gasteiger partial charge on any atom is 0.306 e. The highest BCUT2D eigenvalue weighted by atomic mass is 16.5. The first kappa shape index (κ1) is 6.60. The number of ether oxygens (including phenoxy) is 1. The Balaban J connectivity index is 3.17. The van der Waals surface area contributed by atoms with E-state index in [2.05, 4.69) is 9.84 Å². The van der Waals surface area contributed by atoms with Crippen LogP contribution in [0.5, 0.6) is 5.75 Å². The Morgan fingerprint density at radius 1 is 1.80 bits per heavy atom. The van der Waals surface area contributed by atoms with Crippen LogP contribution in [0.1, 0.15) is 0 Å². The summed E-state index contributed by atoms with van der Waals surface area (Å²) in [5.41, 5.74) is -0.612. The Hall–Kier alpha value is -1.52. The fourth-order valence-corrected chi connectivity index (χ4v) is 0.497. The van der Waals surface area contributed by atoms with Crippen LogP contribution in [-0.2, 0) is 0 Å². The molecule has 5 nitrogen and oxygen atoms in total. The molecule has 10 heavy (non-hydrogen) atoms. The van der Waals surface area contributed by atoms with E-state index in [1.54, 1.807) is 0 Å². The van der Waals surface area contributed by atoms with E-state index in [1.807, 2.05) is 0 Å². The molecule has 1 aromatic rings. The highest BCUT2D eigenvalue weighted by Crippen LogP contribution is 1.99. The lowest BCUT2D eigenvalue weighted by molar-refractivity contribution is 0.132. The van der Waals surface area contributed by atoms with Gasteiger partial charge in [0.2, 0.25) is 0 Å². The SMILES string of the molecule is COc1cnn(O)c(=O)c1. The van der Waals surface area contributed by atoms with E-state index in [9.17, 15) is 4.79 Å². The quantitative estimate of drug-likeness (QED) is 0.536. The van der Waals surface area contributed by atoms with Crippen LogP contribution in [0.4, 0.5) is 0 Å². The molecule has 0 aliphatic carbocycles. The summed E-state index contributed by atoms with van der Waals surface area (Å²) in [6.07, 6.45) is 1.24. The molecule has 0 aliphatic heterocycles. The van der Waals surface area contributed by atoms with Crippen LogP contribution < -0.4 is 10.3 Å². The highest BCUT2D eigenvalue weighted by molar-refractivity contribution is 5.12. The van der Waals surface area contributed by atoms with Gasteiger partial charge in [-0.15, -0.1) is 5.10 Å². The van der Waals surface area contributed by atoms with Crippen molar-refractivity contribution in [1.29, 1.82) is 0 Å². The van der Waals surface area contributed by atoms with Crippen molar-refractivity contribution in [3.8, 4) is 5.75 Å². The zero-order valence-electron chi connectivity index (χ0n) is 5.31. The molecule has 5 heteroatoms. The molecule has 0 atom stereocenters. The second-order valence-electron chi connectivity index (χ2n) is 1.62. The topological polar surface area (TPSA) is 64.3 Å². The van der Waals surface area contributed by atoms with Crippen molar-refractivity contribution in [2.75, 3.05) is 7.11 Å². The predicted octanol–water partition coefficient (Wildman–Crippen LogP) is -0.511. The van der Waals surface area contributed by atoms with Crippen LogP contribution in [0.25, 0.3) is 0 Å².